The molecule has 2 rings (SSSR count). The number of rotatable bonds is 6. The van der Waals surface area contributed by atoms with E-state index in [2.05, 4.69) is 34.7 Å². The summed E-state index contributed by atoms with van der Waals surface area (Å²) in [4.78, 5) is 0. The Balaban J connectivity index is 1.93. The van der Waals surface area contributed by atoms with Crippen LogP contribution in [0.25, 0.3) is 0 Å². The van der Waals surface area contributed by atoms with Crippen LogP contribution < -0.4 is 5.32 Å². The van der Waals surface area contributed by atoms with Gasteiger partial charge in [0.2, 0.25) is 0 Å². The van der Waals surface area contributed by atoms with E-state index in [1.54, 1.807) is 0 Å². The molecule has 1 aliphatic rings. The Hall–Kier alpha value is -0.970. The van der Waals surface area contributed by atoms with Gasteiger partial charge >= 0.3 is 0 Å². The Kier molecular flexibility index (Phi) is 4.69. The van der Waals surface area contributed by atoms with Gasteiger partial charge in [-0.25, -0.2) is 4.68 Å². The zero-order valence-electron chi connectivity index (χ0n) is 11.7. The zero-order chi connectivity index (χ0) is 12.8. The Morgan fingerprint density at radius 3 is 2.78 bits per heavy atom. The molecule has 1 aliphatic carbocycles. The van der Waals surface area contributed by atoms with Crippen molar-refractivity contribution in [1.29, 1.82) is 0 Å². The first-order valence-corrected chi connectivity index (χ1v) is 7.19. The minimum atomic E-state index is 0.382. The Morgan fingerprint density at radius 1 is 1.28 bits per heavy atom. The van der Waals surface area contributed by atoms with Crippen LogP contribution in [0.1, 0.15) is 58.2 Å². The topological polar surface area (TPSA) is 55.6 Å². The van der Waals surface area contributed by atoms with Crippen molar-refractivity contribution in [3.05, 3.63) is 5.82 Å². The monoisotopic (exact) mass is 251 g/mol. The minimum absolute atomic E-state index is 0.382. The van der Waals surface area contributed by atoms with Gasteiger partial charge in [0, 0.05) is 0 Å². The minimum Gasteiger partial charge on any atom is -0.310 e. The number of aromatic nitrogens is 4. The molecule has 0 bridgehead atoms. The van der Waals surface area contributed by atoms with E-state index in [0.717, 1.165) is 31.9 Å². The fourth-order valence-electron chi connectivity index (χ4n) is 2.77. The van der Waals surface area contributed by atoms with E-state index < -0.39 is 0 Å². The lowest BCUT2D eigenvalue weighted by Gasteiger charge is -2.33. The van der Waals surface area contributed by atoms with Crippen molar-refractivity contribution in [3.63, 3.8) is 0 Å². The van der Waals surface area contributed by atoms with E-state index in [4.69, 9.17) is 0 Å². The second-order valence-electron chi connectivity index (χ2n) is 5.80. The van der Waals surface area contributed by atoms with E-state index in [-0.39, 0.29) is 0 Å². The van der Waals surface area contributed by atoms with Crippen molar-refractivity contribution in [3.8, 4) is 0 Å². The molecule has 1 N–H and O–H groups in total. The molecular formula is C13H25N5. The molecule has 0 atom stereocenters. The summed E-state index contributed by atoms with van der Waals surface area (Å²) in [5.74, 6) is 0.968. The smallest absolute Gasteiger partial charge is 0.165 e. The standard InChI is InChI=1S/C13H25N5/c1-3-9-14-10-12-15-16-17-18(12)11-13(2)7-5-4-6-8-13/h14H,3-11H2,1-2H3. The first-order chi connectivity index (χ1) is 8.73. The quantitative estimate of drug-likeness (QED) is 0.787. The van der Waals surface area contributed by atoms with E-state index in [0.29, 0.717) is 5.41 Å². The van der Waals surface area contributed by atoms with Gasteiger partial charge in [0.15, 0.2) is 5.82 Å². The number of nitrogens with one attached hydrogen (secondary N) is 1. The molecule has 1 fully saturated rings. The molecule has 5 nitrogen and oxygen atoms in total. The first-order valence-electron chi connectivity index (χ1n) is 7.19. The molecule has 0 spiro atoms. The number of tetrazole rings is 1. The molecule has 0 aliphatic heterocycles. The maximum absolute atomic E-state index is 4.15. The Bertz CT molecular complexity index is 354. The van der Waals surface area contributed by atoms with Crippen molar-refractivity contribution in [2.75, 3.05) is 6.54 Å². The Morgan fingerprint density at radius 2 is 2.06 bits per heavy atom. The lowest BCUT2D eigenvalue weighted by molar-refractivity contribution is 0.172. The average molecular weight is 251 g/mol. The molecule has 0 aromatic carbocycles. The van der Waals surface area contributed by atoms with Gasteiger partial charge in [0.1, 0.15) is 0 Å². The summed E-state index contributed by atoms with van der Waals surface area (Å²) in [6.45, 7) is 7.29. The molecule has 0 saturated heterocycles. The first kappa shape index (κ1) is 13.5. The van der Waals surface area contributed by atoms with Gasteiger partial charge in [-0.3, -0.25) is 0 Å². The number of hydrogen-bond acceptors (Lipinski definition) is 4. The average Bonchev–Trinajstić information content (AvgIpc) is 2.77. The molecule has 102 valence electrons. The van der Waals surface area contributed by atoms with Gasteiger partial charge in [-0.2, -0.15) is 0 Å². The van der Waals surface area contributed by atoms with Gasteiger partial charge in [-0.05, 0) is 41.6 Å². The maximum atomic E-state index is 4.15. The molecule has 5 heteroatoms. The van der Waals surface area contributed by atoms with Crippen LogP contribution in [0.5, 0.6) is 0 Å². The van der Waals surface area contributed by atoms with Gasteiger partial charge in [-0.1, -0.05) is 33.1 Å². The highest BCUT2D eigenvalue weighted by Crippen LogP contribution is 2.37. The van der Waals surface area contributed by atoms with Crippen molar-refractivity contribution >= 4 is 0 Å². The van der Waals surface area contributed by atoms with E-state index in [9.17, 15) is 0 Å². The Labute approximate surface area is 109 Å². The predicted octanol–water partition coefficient (Wildman–Crippen LogP) is 2.14. The van der Waals surface area contributed by atoms with Crippen molar-refractivity contribution in [1.82, 2.24) is 25.5 Å². The van der Waals surface area contributed by atoms with Gasteiger partial charge in [0.05, 0.1) is 13.1 Å². The van der Waals surface area contributed by atoms with E-state index in [1.807, 2.05) is 4.68 Å². The fourth-order valence-corrected chi connectivity index (χ4v) is 2.77. The van der Waals surface area contributed by atoms with Crippen LogP contribution in [0.3, 0.4) is 0 Å². The third-order valence-electron chi connectivity index (χ3n) is 3.91. The van der Waals surface area contributed by atoms with Gasteiger partial charge in [0.25, 0.3) is 0 Å². The molecule has 1 aromatic rings. The van der Waals surface area contributed by atoms with E-state index in [1.165, 1.54) is 32.1 Å². The van der Waals surface area contributed by atoms with Crippen LogP contribution in [0.4, 0.5) is 0 Å². The van der Waals surface area contributed by atoms with Crippen molar-refractivity contribution in [2.24, 2.45) is 5.41 Å². The zero-order valence-corrected chi connectivity index (χ0v) is 11.7. The third-order valence-corrected chi connectivity index (χ3v) is 3.91. The maximum Gasteiger partial charge on any atom is 0.165 e. The largest absolute Gasteiger partial charge is 0.310 e. The summed E-state index contributed by atoms with van der Waals surface area (Å²) in [5.41, 5.74) is 0.382. The molecule has 0 radical (unpaired) electrons. The van der Waals surface area contributed by atoms with Crippen molar-refractivity contribution < 1.29 is 0 Å². The lowest BCUT2D eigenvalue weighted by Crippen LogP contribution is -2.28. The normalized spacial score (nSPS) is 19.0. The fraction of sp³-hybridized carbons (Fsp3) is 0.923. The van der Waals surface area contributed by atoms with Crippen LogP contribution in [0, 0.1) is 5.41 Å². The summed E-state index contributed by atoms with van der Waals surface area (Å²) in [6.07, 6.45) is 7.82. The summed E-state index contributed by atoms with van der Waals surface area (Å²) in [5, 5.41) is 15.5. The molecule has 18 heavy (non-hydrogen) atoms. The molecule has 0 amide bonds. The SMILES string of the molecule is CCCNCc1nnnn1CC1(C)CCCCC1. The lowest BCUT2D eigenvalue weighted by atomic mass is 9.76. The van der Waals surface area contributed by atoms with Crippen LogP contribution in [-0.4, -0.2) is 26.8 Å². The van der Waals surface area contributed by atoms with Crippen LogP contribution in [0.2, 0.25) is 0 Å². The number of nitrogens with zero attached hydrogens (tertiary/aromatic N) is 4. The molecule has 1 saturated carbocycles. The predicted molar refractivity (Wildman–Crippen MR) is 71.0 cm³/mol. The second-order valence-corrected chi connectivity index (χ2v) is 5.80. The summed E-state index contributed by atoms with van der Waals surface area (Å²) in [6, 6.07) is 0. The molecular weight excluding hydrogens is 226 g/mol. The molecule has 1 aromatic heterocycles. The van der Waals surface area contributed by atoms with Gasteiger partial charge in [-0.15, -0.1) is 5.10 Å². The molecule has 0 unspecified atom stereocenters. The highest BCUT2D eigenvalue weighted by Gasteiger charge is 2.28. The van der Waals surface area contributed by atoms with E-state index >= 15 is 0 Å². The highest BCUT2D eigenvalue weighted by atomic mass is 15.5. The molecule has 1 heterocycles. The van der Waals surface area contributed by atoms with Crippen LogP contribution in [0.15, 0.2) is 0 Å². The van der Waals surface area contributed by atoms with Gasteiger partial charge < -0.3 is 5.32 Å². The van der Waals surface area contributed by atoms with Crippen LogP contribution in [-0.2, 0) is 13.1 Å². The summed E-state index contributed by atoms with van der Waals surface area (Å²) < 4.78 is 1.99. The van der Waals surface area contributed by atoms with Crippen LogP contribution >= 0.6 is 0 Å². The number of hydrogen-bond donors (Lipinski definition) is 1. The summed E-state index contributed by atoms with van der Waals surface area (Å²) >= 11 is 0. The third kappa shape index (κ3) is 3.51. The highest BCUT2D eigenvalue weighted by molar-refractivity contribution is 4.85. The second kappa shape index (κ2) is 6.27. The van der Waals surface area contributed by atoms with Crippen molar-refractivity contribution in [2.45, 2.75) is 65.5 Å². The summed E-state index contributed by atoms with van der Waals surface area (Å²) in [7, 11) is 0.